The molecule has 0 saturated heterocycles. The molecule has 0 radical (unpaired) electrons. The Balaban J connectivity index is 2.76. The highest BCUT2D eigenvalue weighted by atomic mass is 16.6. The van der Waals surface area contributed by atoms with Crippen LogP contribution in [0.1, 0.15) is 13.3 Å². The molecule has 12 heavy (non-hydrogen) atoms. The van der Waals surface area contributed by atoms with Gasteiger partial charge in [-0.15, -0.1) is 0 Å². The van der Waals surface area contributed by atoms with Crippen molar-refractivity contribution in [2.45, 2.75) is 18.9 Å². The van der Waals surface area contributed by atoms with Gasteiger partial charge in [-0.05, 0) is 11.6 Å². The Morgan fingerprint density at radius 3 is 2.83 bits per heavy atom. The van der Waals surface area contributed by atoms with E-state index in [0.29, 0.717) is 6.42 Å². The van der Waals surface area contributed by atoms with Crippen LogP contribution in [0.5, 0.6) is 0 Å². The van der Waals surface area contributed by atoms with Crippen LogP contribution in [-0.2, 0) is 0 Å². The number of hydrogen-bond donors (Lipinski definition) is 1. The maximum atomic E-state index is 10.5. The highest BCUT2D eigenvalue weighted by Gasteiger charge is 2.34. The van der Waals surface area contributed by atoms with Gasteiger partial charge in [-0.3, -0.25) is 10.1 Å². The molecule has 1 rings (SSSR count). The summed E-state index contributed by atoms with van der Waals surface area (Å²) in [6.45, 7) is 1.51. The fourth-order valence-electron chi connectivity index (χ4n) is 1.01. The van der Waals surface area contributed by atoms with Crippen molar-refractivity contribution >= 4 is 0 Å². The van der Waals surface area contributed by atoms with Gasteiger partial charge in [0.05, 0.1) is 6.61 Å². The predicted molar refractivity (Wildman–Crippen MR) is 44.3 cm³/mol. The maximum Gasteiger partial charge on any atom is 0.241 e. The lowest BCUT2D eigenvalue weighted by molar-refractivity contribution is -0.549. The van der Waals surface area contributed by atoms with E-state index in [9.17, 15) is 10.1 Å². The topological polar surface area (TPSA) is 63.4 Å². The Bertz CT molecular complexity index is 257. The summed E-state index contributed by atoms with van der Waals surface area (Å²) in [5, 5.41) is 19.2. The van der Waals surface area contributed by atoms with Gasteiger partial charge in [-0.2, -0.15) is 0 Å². The number of aliphatic hydroxyl groups excluding tert-OH is 1. The van der Waals surface area contributed by atoms with Gasteiger partial charge < -0.3 is 5.11 Å². The minimum atomic E-state index is -0.987. The van der Waals surface area contributed by atoms with Gasteiger partial charge in [0.25, 0.3) is 0 Å². The highest BCUT2D eigenvalue weighted by Crippen LogP contribution is 2.23. The third-order valence-electron chi connectivity index (χ3n) is 2.03. The normalized spacial score (nSPS) is 28.3. The molecule has 1 unspecified atom stereocenters. The van der Waals surface area contributed by atoms with Gasteiger partial charge in [-0.25, -0.2) is 0 Å². The second kappa shape index (κ2) is 3.06. The van der Waals surface area contributed by atoms with Crippen LogP contribution in [0.3, 0.4) is 0 Å². The van der Waals surface area contributed by atoms with E-state index in [1.54, 1.807) is 19.1 Å². The first-order valence-corrected chi connectivity index (χ1v) is 3.72. The first-order chi connectivity index (χ1) is 5.58. The molecule has 1 atom stereocenters. The van der Waals surface area contributed by atoms with Crippen molar-refractivity contribution in [3.05, 3.63) is 33.9 Å². The third-order valence-corrected chi connectivity index (χ3v) is 2.03. The molecule has 4 nitrogen and oxygen atoms in total. The maximum absolute atomic E-state index is 10.5. The minimum Gasteiger partial charge on any atom is -0.392 e. The molecule has 0 aliphatic heterocycles. The number of rotatable bonds is 2. The van der Waals surface area contributed by atoms with Gasteiger partial charge in [0, 0.05) is 18.3 Å². The quantitative estimate of drug-likeness (QED) is 0.493. The fraction of sp³-hybridized carbons (Fsp3) is 0.500. The summed E-state index contributed by atoms with van der Waals surface area (Å²) in [6.07, 6.45) is 5.18. The number of hydrogen-bond acceptors (Lipinski definition) is 3. The van der Waals surface area contributed by atoms with E-state index in [1.807, 2.05) is 0 Å². The molecular formula is C8H11NO3. The molecule has 0 aromatic heterocycles. The largest absolute Gasteiger partial charge is 0.392 e. The first-order valence-electron chi connectivity index (χ1n) is 3.72. The van der Waals surface area contributed by atoms with Crippen molar-refractivity contribution in [3.8, 4) is 0 Å². The van der Waals surface area contributed by atoms with E-state index in [2.05, 4.69) is 0 Å². The zero-order valence-corrected chi connectivity index (χ0v) is 6.86. The van der Waals surface area contributed by atoms with Crippen molar-refractivity contribution < 1.29 is 10.0 Å². The predicted octanol–water partition coefficient (Wildman–Crippen LogP) is 0.900. The average Bonchev–Trinajstić information content (AvgIpc) is 2.06. The smallest absolute Gasteiger partial charge is 0.241 e. The van der Waals surface area contributed by atoms with E-state index < -0.39 is 5.54 Å². The number of nitrogens with zero attached hydrogens (tertiary/aromatic N) is 1. The molecule has 1 aliphatic carbocycles. The van der Waals surface area contributed by atoms with Crippen molar-refractivity contribution in [2.75, 3.05) is 6.61 Å². The SMILES string of the molecule is CC1([N+](=O)[O-])C=CC(CO)=CC1. The Kier molecular flexibility index (Phi) is 2.28. The number of nitro groups is 1. The molecular weight excluding hydrogens is 158 g/mol. The molecule has 66 valence electrons. The molecule has 4 heteroatoms. The van der Waals surface area contributed by atoms with Crippen molar-refractivity contribution in [3.63, 3.8) is 0 Å². The molecule has 0 heterocycles. The number of aliphatic hydroxyl groups is 1. The van der Waals surface area contributed by atoms with E-state index >= 15 is 0 Å². The van der Waals surface area contributed by atoms with E-state index in [-0.39, 0.29) is 11.5 Å². The Labute approximate surface area is 70.4 Å². The van der Waals surface area contributed by atoms with E-state index in [4.69, 9.17) is 5.11 Å². The fourth-order valence-corrected chi connectivity index (χ4v) is 1.01. The Hall–Kier alpha value is -1.16. The standard InChI is InChI=1S/C8H11NO3/c1-8(9(11)12)4-2-7(6-10)3-5-8/h2-4,10H,5-6H2,1H3. The van der Waals surface area contributed by atoms with Gasteiger partial charge in [0.2, 0.25) is 5.54 Å². The molecule has 1 N–H and O–H groups in total. The molecule has 0 aromatic carbocycles. The van der Waals surface area contributed by atoms with Gasteiger partial charge >= 0.3 is 0 Å². The highest BCUT2D eigenvalue weighted by molar-refractivity contribution is 5.27. The van der Waals surface area contributed by atoms with Crippen LogP contribution in [0.4, 0.5) is 0 Å². The minimum absolute atomic E-state index is 0.0513. The lowest BCUT2D eigenvalue weighted by Gasteiger charge is -2.18. The zero-order chi connectivity index (χ0) is 9.19. The third kappa shape index (κ3) is 1.53. The molecule has 0 bridgehead atoms. The molecule has 1 aliphatic rings. The zero-order valence-electron chi connectivity index (χ0n) is 6.86. The lowest BCUT2D eigenvalue weighted by Crippen LogP contribution is -2.33. The van der Waals surface area contributed by atoms with Gasteiger partial charge in [0.15, 0.2) is 0 Å². The monoisotopic (exact) mass is 169 g/mol. The summed E-state index contributed by atoms with van der Waals surface area (Å²) in [4.78, 5) is 10.2. The summed E-state index contributed by atoms with van der Waals surface area (Å²) in [6, 6.07) is 0. The van der Waals surface area contributed by atoms with Crippen LogP contribution in [0.15, 0.2) is 23.8 Å². The lowest BCUT2D eigenvalue weighted by atomic mass is 9.91. The second-order valence-electron chi connectivity index (χ2n) is 3.09. The second-order valence-corrected chi connectivity index (χ2v) is 3.09. The van der Waals surface area contributed by atoms with Crippen LogP contribution in [0, 0.1) is 10.1 Å². The first kappa shape index (κ1) is 8.93. The summed E-state index contributed by atoms with van der Waals surface area (Å²) in [5.74, 6) is 0. The van der Waals surface area contributed by atoms with Crippen molar-refractivity contribution in [1.82, 2.24) is 0 Å². The van der Waals surface area contributed by atoms with Crippen LogP contribution >= 0.6 is 0 Å². The molecule has 0 saturated carbocycles. The summed E-state index contributed by atoms with van der Waals surface area (Å²) in [7, 11) is 0. The molecule has 0 spiro atoms. The molecule has 0 fully saturated rings. The molecule has 0 aromatic rings. The Morgan fingerprint density at radius 2 is 2.50 bits per heavy atom. The summed E-state index contributed by atoms with van der Waals surface area (Å²) in [5.41, 5.74) is -0.243. The van der Waals surface area contributed by atoms with Gasteiger partial charge in [-0.1, -0.05) is 12.2 Å². The van der Waals surface area contributed by atoms with Crippen LogP contribution in [0.25, 0.3) is 0 Å². The van der Waals surface area contributed by atoms with Gasteiger partial charge in [0.1, 0.15) is 0 Å². The Morgan fingerprint density at radius 1 is 1.83 bits per heavy atom. The summed E-state index contributed by atoms with van der Waals surface area (Å²) >= 11 is 0. The van der Waals surface area contributed by atoms with E-state index in [1.165, 1.54) is 6.08 Å². The average molecular weight is 169 g/mol. The summed E-state index contributed by atoms with van der Waals surface area (Å²) < 4.78 is 0. The van der Waals surface area contributed by atoms with Crippen molar-refractivity contribution in [2.24, 2.45) is 0 Å². The molecule has 0 amide bonds. The van der Waals surface area contributed by atoms with Crippen LogP contribution in [0.2, 0.25) is 0 Å². The van der Waals surface area contributed by atoms with Crippen molar-refractivity contribution in [1.29, 1.82) is 0 Å². The van der Waals surface area contributed by atoms with Crippen LogP contribution in [-0.4, -0.2) is 22.2 Å². The van der Waals surface area contributed by atoms with Crippen LogP contribution < -0.4 is 0 Å². The van der Waals surface area contributed by atoms with E-state index in [0.717, 1.165) is 5.57 Å².